The van der Waals surface area contributed by atoms with E-state index in [0.29, 0.717) is 5.82 Å². The minimum Gasteiger partial charge on any atom is -0.382 e. The Morgan fingerprint density at radius 3 is 2.52 bits per heavy atom. The van der Waals surface area contributed by atoms with Crippen molar-refractivity contribution in [3.8, 4) is 16.9 Å². The van der Waals surface area contributed by atoms with Gasteiger partial charge in [-0.15, -0.1) is 5.10 Å². The quantitative estimate of drug-likeness (QED) is 0.799. The van der Waals surface area contributed by atoms with Gasteiger partial charge in [0.2, 0.25) is 0 Å². The van der Waals surface area contributed by atoms with Gasteiger partial charge in [0, 0.05) is 5.56 Å². The SMILES string of the molecule is CCc1cccc(C)c1-n1nnc(-c2ccccc2)c1N. The third-order valence-corrected chi connectivity index (χ3v) is 3.67. The molecular weight excluding hydrogens is 260 g/mol. The largest absolute Gasteiger partial charge is 0.382 e. The topological polar surface area (TPSA) is 56.7 Å². The van der Waals surface area contributed by atoms with Gasteiger partial charge in [0.05, 0.1) is 5.69 Å². The van der Waals surface area contributed by atoms with Gasteiger partial charge >= 0.3 is 0 Å². The zero-order valence-corrected chi connectivity index (χ0v) is 12.2. The van der Waals surface area contributed by atoms with E-state index in [4.69, 9.17) is 5.73 Å². The highest BCUT2D eigenvalue weighted by Gasteiger charge is 2.16. The van der Waals surface area contributed by atoms with E-state index in [-0.39, 0.29) is 0 Å². The molecule has 0 spiro atoms. The van der Waals surface area contributed by atoms with Gasteiger partial charge in [-0.25, -0.2) is 0 Å². The van der Waals surface area contributed by atoms with Gasteiger partial charge < -0.3 is 5.73 Å². The number of hydrogen-bond acceptors (Lipinski definition) is 3. The summed E-state index contributed by atoms with van der Waals surface area (Å²) in [7, 11) is 0. The number of nitrogens with zero attached hydrogens (tertiary/aromatic N) is 3. The zero-order valence-electron chi connectivity index (χ0n) is 12.2. The van der Waals surface area contributed by atoms with Crippen molar-refractivity contribution in [2.24, 2.45) is 0 Å². The molecule has 0 aliphatic carbocycles. The fraction of sp³-hybridized carbons (Fsp3) is 0.176. The first kappa shape index (κ1) is 13.4. The fourth-order valence-corrected chi connectivity index (χ4v) is 2.56. The van der Waals surface area contributed by atoms with Crippen LogP contribution in [-0.4, -0.2) is 15.0 Å². The Bertz CT molecular complexity index is 760. The molecule has 21 heavy (non-hydrogen) atoms. The van der Waals surface area contributed by atoms with E-state index < -0.39 is 0 Å². The average molecular weight is 278 g/mol. The van der Waals surface area contributed by atoms with Crippen LogP contribution in [-0.2, 0) is 6.42 Å². The molecule has 0 amide bonds. The van der Waals surface area contributed by atoms with Crippen molar-refractivity contribution in [3.05, 3.63) is 59.7 Å². The lowest BCUT2D eigenvalue weighted by molar-refractivity contribution is 0.795. The number of para-hydroxylation sites is 1. The van der Waals surface area contributed by atoms with Crippen LogP contribution >= 0.6 is 0 Å². The predicted molar refractivity (Wildman–Crippen MR) is 85.3 cm³/mol. The van der Waals surface area contributed by atoms with Gasteiger partial charge in [-0.2, -0.15) is 4.68 Å². The van der Waals surface area contributed by atoms with Crippen LogP contribution in [0.25, 0.3) is 16.9 Å². The van der Waals surface area contributed by atoms with E-state index in [1.807, 2.05) is 30.3 Å². The van der Waals surface area contributed by atoms with Crippen molar-refractivity contribution in [1.82, 2.24) is 15.0 Å². The maximum Gasteiger partial charge on any atom is 0.155 e. The molecule has 0 bridgehead atoms. The monoisotopic (exact) mass is 278 g/mol. The lowest BCUT2D eigenvalue weighted by Gasteiger charge is -2.12. The average Bonchev–Trinajstić information content (AvgIpc) is 2.89. The Kier molecular flexibility index (Phi) is 3.44. The van der Waals surface area contributed by atoms with Crippen LogP contribution in [0.15, 0.2) is 48.5 Å². The van der Waals surface area contributed by atoms with Gasteiger partial charge in [0.25, 0.3) is 0 Å². The van der Waals surface area contributed by atoms with Crippen LogP contribution in [0, 0.1) is 6.92 Å². The highest BCUT2D eigenvalue weighted by atomic mass is 15.5. The molecule has 0 saturated heterocycles. The molecule has 0 radical (unpaired) electrons. The number of aromatic nitrogens is 3. The Labute approximate surface area is 124 Å². The van der Waals surface area contributed by atoms with Crippen molar-refractivity contribution in [3.63, 3.8) is 0 Å². The van der Waals surface area contributed by atoms with Crippen LogP contribution in [0.3, 0.4) is 0 Å². The first-order valence-electron chi connectivity index (χ1n) is 7.07. The van der Waals surface area contributed by atoms with E-state index >= 15 is 0 Å². The summed E-state index contributed by atoms with van der Waals surface area (Å²) in [6.07, 6.45) is 0.928. The standard InChI is InChI=1S/C17H18N4/c1-3-13-11-7-8-12(2)16(13)21-17(18)15(19-20-21)14-9-5-4-6-10-14/h4-11H,3,18H2,1-2H3. The number of aryl methyl sites for hydroxylation is 2. The molecule has 0 saturated carbocycles. The second-order valence-electron chi connectivity index (χ2n) is 5.04. The van der Waals surface area contributed by atoms with Crippen LogP contribution in [0.5, 0.6) is 0 Å². The minimum absolute atomic E-state index is 0.574. The predicted octanol–water partition coefficient (Wildman–Crippen LogP) is 3.39. The summed E-state index contributed by atoms with van der Waals surface area (Å²) in [6.45, 7) is 4.20. The number of anilines is 1. The summed E-state index contributed by atoms with van der Waals surface area (Å²) in [5, 5.41) is 8.54. The summed E-state index contributed by atoms with van der Waals surface area (Å²) < 4.78 is 1.75. The number of rotatable bonds is 3. The molecule has 2 aromatic carbocycles. The van der Waals surface area contributed by atoms with Crippen molar-refractivity contribution < 1.29 is 0 Å². The summed E-state index contributed by atoms with van der Waals surface area (Å²) in [6, 6.07) is 16.1. The molecule has 0 fully saturated rings. The summed E-state index contributed by atoms with van der Waals surface area (Å²) in [4.78, 5) is 0. The molecule has 2 N–H and O–H groups in total. The molecule has 3 rings (SSSR count). The van der Waals surface area contributed by atoms with E-state index in [1.54, 1.807) is 4.68 Å². The van der Waals surface area contributed by atoms with E-state index in [1.165, 1.54) is 5.56 Å². The van der Waals surface area contributed by atoms with Crippen LogP contribution in [0.1, 0.15) is 18.1 Å². The highest BCUT2D eigenvalue weighted by Crippen LogP contribution is 2.28. The highest BCUT2D eigenvalue weighted by molar-refractivity contribution is 5.71. The van der Waals surface area contributed by atoms with Gasteiger partial charge in [-0.3, -0.25) is 0 Å². The summed E-state index contributed by atoms with van der Waals surface area (Å²) in [5.41, 5.74) is 11.4. The number of nitrogen functional groups attached to an aromatic ring is 1. The third kappa shape index (κ3) is 2.29. The van der Waals surface area contributed by atoms with Crippen molar-refractivity contribution >= 4 is 5.82 Å². The number of hydrogen-bond donors (Lipinski definition) is 1. The summed E-state index contributed by atoms with van der Waals surface area (Å²) >= 11 is 0. The number of nitrogens with two attached hydrogens (primary N) is 1. The second-order valence-corrected chi connectivity index (χ2v) is 5.04. The van der Waals surface area contributed by atoms with Gasteiger partial charge in [0.1, 0.15) is 5.69 Å². The van der Waals surface area contributed by atoms with Gasteiger partial charge in [-0.1, -0.05) is 60.7 Å². The molecule has 0 atom stereocenters. The smallest absolute Gasteiger partial charge is 0.155 e. The molecule has 4 nitrogen and oxygen atoms in total. The number of benzene rings is 2. The molecule has 0 aliphatic rings. The molecule has 0 unspecified atom stereocenters. The van der Waals surface area contributed by atoms with Gasteiger partial charge in [0.15, 0.2) is 5.82 Å². The van der Waals surface area contributed by atoms with Gasteiger partial charge in [-0.05, 0) is 24.5 Å². The maximum absolute atomic E-state index is 6.30. The Balaban J connectivity index is 2.17. The van der Waals surface area contributed by atoms with E-state index in [2.05, 4.69) is 42.4 Å². The molecule has 4 heteroatoms. The van der Waals surface area contributed by atoms with E-state index in [9.17, 15) is 0 Å². The van der Waals surface area contributed by atoms with Crippen molar-refractivity contribution in [1.29, 1.82) is 0 Å². The summed E-state index contributed by atoms with van der Waals surface area (Å²) in [5.74, 6) is 0.574. The first-order chi connectivity index (χ1) is 10.2. The fourth-order valence-electron chi connectivity index (χ4n) is 2.56. The van der Waals surface area contributed by atoms with E-state index in [0.717, 1.165) is 28.9 Å². The Morgan fingerprint density at radius 1 is 1.05 bits per heavy atom. The van der Waals surface area contributed by atoms with Crippen LogP contribution < -0.4 is 5.73 Å². The molecule has 0 aliphatic heterocycles. The first-order valence-corrected chi connectivity index (χ1v) is 7.07. The molecular formula is C17H18N4. The molecule has 3 aromatic rings. The normalized spacial score (nSPS) is 10.8. The zero-order chi connectivity index (χ0) is 14.8. The Hall–Kier alpha value is -2.62. The maximum atomic E-state index is 6.30. The lowest BCUT2D eigenvalue weighted by atomic mass is 10.1. The minimum atomic E-state index is 0.574. The molecule has 1 aromatic heterocycles. The van der Waals surface area contributed by atoms with Crippen LogP contribution in [0.4, 0.5) is 5.82 Å². The van der Waals surface area contributed by atoms with Crippen LogP contribution in [0.2, 0.25) is 0 Å². The third-order valence-electron chi connectivity index (χ3n) is 3.67. The van der Waals surface area contributed by atoms with Crippen molar-refractivity contribution in [2.75, 3.05) is 5.73 Å². The van der Waals surface area contributed by atoms with Crippen molar-refractivity contribution in [2.45, 2.75) is 20.3 Å². The molecule has 1 heterocycles. The molecule has 106 valence electrons. The lowest BCUT2D eigenvalue weighted by Crippen LogP contribution is -2.07. The Morgan fingerprint density at radius 2 is 1.81 bits per heavy atom. The second kappa shape index (κ2) is 5.40.